The molecular weight excluding hydrogens is 242 g/mol. The van der Waals surface area contributed by atoms with Crippen molar-refractivity contribution in [3.63, 3.8) is 0 Å². The van der Waals surface area contributed by atoms with Crippen LogP contribution < -0.4 is 4.90 Å². The van der Waals surface area contributed by atoms with E-state index in [-0.39, 0.29) is 12.5 Å². The van der Waals surface area contributed by atoms with Gasteiger partial charge in [0.05, 0.1) is 18.2 Å². The van der Waals surface area contributed by atoms with E-state index in [4.69, 9.17) is 16.4 Å². The summed E-state index contributed by atoms with van der Waals surface area (Å²) in [4.78, 5) is 22.9. The molecule has 0 unspecified atom stereocenters. The average molecular weight is 256 g/mol. The summed E-state index contributed by atoms with van der Waals surface area (Å²) in [5.41, 5.74) is 0. The fourth-order valence-electron chi connectivity index (χ4n) is 1.60. The predicted molar refractivity (Wildman–Crippen MR) is 64.8 cm³/mol. The molecule has 0 atom stereocenters. The number of nitrogens with zero attached hydrogens (tertiary/aromatic N) is 3. The number of anilines is 1. The van der Waals surface area contributed by atoms with Crippen molar-refractivity contribution < 1.29 is 9.63 Å². The van der Waals surface area contributed by atoms with E-state index >= 15 is 0 Å². The summed E-state index contributed by atoms with van der Waals surface area (Å²) in [6.45, 7) is 1.53. The molecule has 0 bridgehead atoms. The second-order valence-corrected chi connectivity index (χ2v) is 4.31. The van der Waals surface area contributed by atoms with Crippen LogP contribution in [0.25, 0.3) is 0 Å². The van der Waals surface area contributed by atoms with Crippen molar-refractivity contribution in [2.24, 2.45) is 0 Å². The molecule has 6 heteroatoms. The number of hydrogen-bond donors (Lipinski definition) is 0. The van der Waals surface area contributed by atoms with Gasteiger partial charge in [0.1, 0.15) is 12.4 Å². The number of hydroxylamine groups is 2. The third-order valence-electron chi connectivity index (χ3n) is 2.51. The van der Waals surface area contributed by atoms with Crippen molar-refractivity contribution in [1.29, 1.82) is 0 Å². The molecule has 2 rings (SSSR count). The van der Waals surface area contributed by atoms with Crippen LogP contribution in [-0.4, -0.2) is 42.7 Å². The Morgan fingerprint density at radius 1 is 1.65 bits per heavy atom. The minimum Gasteiger partial charge on any atom is -0.350 e. The van der Waals surface area contributed by atoms with Crippen LogP contribution in [0.1, 0.15) is 6.42 Å². The van der Waals surface area contributed by atoms with Gasteiger partial charge in [-0.3, -0.25) is 9.63 Å². The van der Waals surface area contributed by atoms with Crippen molar-refractivity contribution in [3.8, 4) is 0 Å². The number of aromatic nitrogens is 1. The van der Waals surface area contributed by atoms with Gasteiger partial charge in [0, 0.05) is 13.2 Å². The van der Waals surface area contributed by atoms with Gasteiger partial charge in [0.2, 0.25) is 0 Å². The van der Waals surface area contributed by atoms with E-state index < -0.39 is 0 Å². The van der Waals surface area contributed by atoms with Crippen molar-refractivity contribution in [1.82, 2.24) is 10.0 Å². The van der Waals surface area contributed by atoms with Crippen molar-refractivity contribution in [3.05, 3.63) is 23.4 Å². The molecule has 0 spiro atoms. The Labute approximate surface area is 105 Å². The van der Waals surface area contributed by atoms with Gasteiger partial charge in [0.25, 0.3) is 5.91 Å². The lowest BCUT2D eigenvalue weighted by molar-refractivity contribution is -0.166. The molecule has 1 aliphatic rings. The van der Waals surface area contributed by atoms with Gasteiger partial charge in [-0.1, -0.05) is 11.6 Å². The van der Waals surface area contributed by atoms with Crippen molar-refractivity contribution in [2.75, 3.05) is 31.6 Å². The Morgan fingerprint density at radius 3 is 3.06 bits per heavy atom. The highest BCUT2D eigenvalue weighted by Crippen LogP contribution is 2.13. The Morgan fingerprint density at radius 2 is 2.47 bits per heavy atom. The summed E-state index contributed by atoms with van der Waals surface area (Å²) in [7, 11) is 1.81. The molecule has 17 heavy (non-hydrogen) atoms. The summed E-state index contributed by atoms with van der Waals surface area (Å²) in [6, 6.07) is 3.53. The van der Waals surface area contributed by atoms with Gasteiger partial charge in [-0.15, -0.1) is 0 Å². The highest BCUT2D eigenvalue weighted by molar-refractivity contribution is 6.30. The molecule has 1 saturated heterocycles. The van der Waals surface area contributed by atoms with Crippen LogP contribution in [0.3, 0.4) is 0 Å². The Kier molecular flexibility index (Phi) is 3.81. The number of carbonyl (C=O) groups is 1. The number of likely N-dealkylation sites (N-methyl/N-ethyl adjacent to an activating group) is 1. The second-order valence-electron chi connectivity index (χ2n) is 3.87. The number of carbonyl (C=O) groups excluding carboxylic acids is 1. The van der Waals surface area contributed by atoms with E-state index in [1.807, 2.05) is 7.05 Å². The fraction of sp³-hybridized carbons (Fsp3) is 0.455. The fourth-order valence-corrected chi connectivity index (χ4v) is 1.71. The zero-order chi connectivity index (χ0) is 12.3. The highest BCUT2D eigenvalue weighted by Gasteiger charge is 2.20. The molecule has 0 saturated carbocycles. The Balaban J connectivity index is 1.93. The first-order chi connectivity index (χ1) is 8.16. The van der Waals surface area contributed by atoms with Crippen LogP contribution in [0.15, 0.2) is 18.3 Å². The first-order valence-electron chi connectivity index (χ1n) is 5.43. The van der Waals surface area contributed by atoms with Gasteiger partial charge in [-0.25, -0.2) is 10.0 Å². The van der Waals surface area contributed by atoms with E-state index in [1.54, 1.807) is 23.2 Å². The molecule has 5 nitrogen and oxygen atoms in total. The number of rotatable bonds is 3. The molecule has 1 fully saturated rings. The van der Waals surface area contributed by atoms with Crippen LogP contribution >= 0.6 is 11.6 Å². The second kappa shape index (κ2) is 5.33. The first-order valence-corrected chi connectivity index (χ1v) is 5.80. The SMILES string of the molecule is CN(CC(=O)N1CCCO1)c1ccc(Cl)cn1. The van der Waals surface area contributed by atoms with Crippen LogP contribution in [0, 0.1) is 0 Å². The van der Waals surface area contributed by atoms with Crippen LogP contribution in [0.2, 0.25) is 5.02 Å². The molecule has 1 aromatic heterocycles. The van der Waals surface area contributed by atoms with Crippen LogP contribution in [0.4, 0.5) is 5.82 Å². The normalized spacial score (nSPS) is 15.1. The zero-order valence-corrected chi connectivity index (χ0v) is 10.4. The van der Waals surface area contributed by atoms with Gasteiger partial charge in [-0.2, -0.15) is 0 Å². The lowest BCUT2D eigenvalue weighted by Crippen LogP contribution is -2.36. The molecule has 0 N–H and O–H groups in total. The summed E-state index contributed by atoms with van der Waals surface area (Å²) in [5, 5.41) is 1.99. The smallest absolute Gasteiger partial charge is 0.265 e. The molecule has 0 aliphatic carbocycles. The molecule has 1 amide bonds. The largest absolute Gasteiger partial charge is 0.350 e. The third-order valence-corrected chi connectivity index (χ3v) is 2.73. The van der Waals surface area contributed by atoms with Crippen molar-refractivity contribution in [2.45, 2.75) is 6.42 Å². The van der Waals surface area contributed by atoms with Gasteiger partial charge in [0.15, 0.2) is 0 Å². The van der Waals surface area contributed by atoms with Gasteiger partial charge >= 0.3 is 0 Å². The predicted octanol–water partition coefficient (Wildman–Crippen LogP) is 1.34. The number of hydrogen-bond acceptors (Lipinski definition) is 4. The Hall–Kier alpha value is -1.33. The molecule has 2 heterocycles. The summed E-state index contributed by atoms with van der Waals surface area (Å²) in [5.74, 6) is 0.656. The zero-order valence-electron chi connectivity index (χ0n) is 9.60. The van der Waals surface area contributed by atoms with Crippen molar-refractivity contribution >= 4 is 23.3 Å². The maximum atomic E-state index is 11.8. The minimum atomic E-state index is -0.0539. The topological polar surface area (TPSA) is 45.7 Å². The number of pyridine rings is 1. The van der Waals surface area contributed by atoms with E-state index in [1.165, 1.54) is 5.06 Å². The van der Waals surface area contributed by atoms with Crippen LogP contribution in [-0.2, 0) is 9.63 Å². The minimum absolute atomic E-state index is 0.0539. The molecule has 0 aromatic carbocycles. The number of halogens is 1. The van der Waals surface area contributed by atoms with Gasteiger partial charge < -0.3 is 4.90 Å². The molecule has 1 aliphatic heterocycles. The first kappa shape index (κ1) is 12.1. The molecule has 92 valence electrons. The molecule has 0 radical (unpaired) electrons. The average Bonchev–Trinajstić information content (AvgIpc) is 2.83. The summed E-state index contributed by atoms with van der Waals surface area (Å²) in [6.07, 6.45) is 2.46. The molecule has 1 aromatic rings. The number of amides is 1. The highest BCUT2D eigenvalue weighted by atomic mass is 35.5. The summed E-state index contributed by atoms with van der Waals surface area (Å²) < 4.78 is 0. The van der Waals surface area contributed by atoms with Crippen LogP contribution in [0.5, 0.6) is 0 Å². The maximum absolute atomic E-state index is 11.8. The Bertz CT molecular complexity index is 390. The van der Waals surface area contributed by atoms with E-state index in [9.17, 15) is 4.79 Å². The quantitative estimate of drug-likeness (QED) is 0.818. The van der Waals surface area contributed by atoms with E-state index in [0.717, 1.165) is 6.42 Å². The summed E-state index contributed by atoms with van der Waals surface area (Å²) >= 11 is 5.75. The lowest BCUT2D eigenvalue weighted by atomic mass is 10.4. The van der Waals surface area contributed by atoms with E-state index in [2.05, 4.69) is 4.98 Å². The third kappa shape index (κ3) is 3.08. The molecular formula is C11H14ClN3O2. The maximum Gasteiger partial charge on any atom is 0.265 e. The van der Waals surface area contributed by atoms with Gasteiger partial charge in [-0.05, 0) is 18.6 Å². The standard InChI is InChI=1S/C11H14ClN3O2/c1-14(10-4-3-9(12)7-13-10)8-11(16)15-5-2-6-17-15/h3-4,7H,2,5-6,8H2,1H3. The van der Waals surface area contributed by atoms with E-state index in [0.29, 0.717) is 24.0 Å². The lowest BCUT2D eigenvalue weighted by Gasteiger charge is -2.20. The monoisotopic (exact) mass is 255 g/mol.